The molecule has 1 saturated carbocycles. The number of rotatable bonds is 1. The molecule has 1 saturated heterocycles. The van der Waals surface area contributed by atoms with E-state index in [4.69, 9.17) is 0 Å². The number of halogens is 8. The summed E-state index contributed by atoms with van der Waals surface area (Å²) < 4.78 is 112. The van der Waals surface area contributed by atoms with Gasteiger partial charge in [0.15, 0.2) is 5.60 Å². The second-order valence-corrected chi connectivity index (χ2v) is 6.98. The van der Waals surface area contributed by atoms with Gasteiger partial charge in [-0.2, -0.15) is 35.1 Å². The molecule has 11 heteroatoms. The van der Waals surface area contributed by atoms with Crippen LogP contribution in [0.25, 0.3) is 0 Å². The summed E-state index contributed by atoms with van der Waals surface area (Å²) in [6.07, 6.45) is -12.8. The molecule has 3 atom stereocenters. The normalized spacial score (nSPS) is 40.9. The summed E-state index contributed by atoms with van der Waals surface area (Å²) in [6.45, 7) is 0.118. The average Bonchev–Trinajstić information content (AvgIpc) is 2.44. The molecule has 148 valence electrons. The van der Waals surface area contributed by atoms with Crippen LogP contribution in [0.2, 0.25) is 0 Å². The van der Waals surface area contributed by atoms with Crippen molar-refractivity contribution in [3.63, 3.8) is 0 Å². The lowest BCUT2D eigenvalue weighted by Gasteiger charge is -2.57. The fourth-order valence-corrected chi connectivity index (χ4v) is 3.72. The molecular weight excluding hydrogens is 368 g/mol. The fraction of sp³-hybridized carbons (Fsp3) is 1.00. The highest BCUT2D eigenvalue weighted by Gasteiger charge is 2.85. The summed E-state index contributed by atoms with van der Waals surface area (Å²) in [7, 11) is 0. The van der Waals surface area contributed by atoms with Crippen molar-refractivity contribution in [2.45, 2.75) is 80.7 Å². The molecule has 0 spiro atoms. The third-order valence-electron chi connectivity index (χ3n) is 5.21. The van der Waals surface area contributed by atoms with Gasteiger partial charge < -0.3 is 14.9 Å². The maximum absolute atomic E-state index is 14.6. The maximum atomic E-state index is 14.6. The van der Waals surface area contributed by atoms with Crippen molar-refractivity contribution in [2.75, 3.05) is 0 Å². The summed E-state index contributed by atoms with van der Waals surface area (Å²) in [6, 6.07) is 0. The summed E-state index contributed by atoms with van der Waals surface area (Å²) in [4.78, 5) is 0. The lowest BCUT2D eigenvalue weighted by Crippen LogP contribution is -2.79. The Balaban J connectivity index is 2.64. The molecule has 0 amide bonds. The summed E-state index contributed by atoms with van der Waals surface area (Å²) >= 11 is 0. The van der Waals surface area contributed by atoms with Crippen LogP contribution in [0.5, 0.6) is 0 Å². The Kier molecular flexibility index (Phi) is 4.67. The van der Waals surface area contributed by atoms with Crippen molar-refractivity contribution in [1.29, 1.82) is 0 Å². The topological polar surface area (TPSA) is 49.7 Å². The molecular formula is C14H18F8O3. The standard InChI is InChI=1S/C14H18F8O3/c1-9(13(17,18)19)7-10(23,8-5-3-2-4-6-8)11(15,16)12(24,25-9)14(20,21)22/h8,23-24H,2-7H2,1H3. The van der Waals surface area contributed by atoms with Crippen LogP contribution in [0, 0.1) is 5.92 Å². The molecule has 1 aliphatic heterocycles. The zero-order valence-corrected chi connectivity index (χ0v) is 13.1. The first kappa shape index (κ1) is 20.6. The Morgan fingerprint density at radius 2 is 1.36 bits per heavy atom. The molecule has 0 radical (unpaired) electrons. The molecule has 1 heterocycles. The maximum Gasteiger partial charge on any atom is 0.449 e. The first-order chi connectivity index (χ1) is 11.0. The predicted octanol–water partition coefficient (Wildman–Crippen LogP) is 3.93. The van der Waals surface area contributed by atoms with Crippen molar-refractivity contribution in [3.8, 4) is 0 Å². The monoisotopic (exact) mass is 386 g/mol. The largest absolute Gasteiger partial charge is 0.449 e. The smallest absolute Gasteiger partial charge is 0.383 e. The zero-order valence-electron chi connectivity index (χ0n) is 13.1. The van der Waals surface area contributed by atoms with Crippen molar-refractivity contribution < 1.29 is 50.1 Å². The van der Waals surface area contributed by atoms with Crippen molar-refractivity contribution >= 4 is 0 Å². The molecule has 2 rings (SSSR count). The molecule has 0 bridgehead atoms. The van der Waals surface area contributed by atoms with E-state index >= 15 is 0 Å². The molecule has 0 aromatic heterocycles. The predicted molar refractivity (Wildman–Crippen MR) is 67.6 cm³/mol. The minimum absolute atomic E-state index is 0.118. The van der Waals surface area contributed by atoms with Crippen LogP contribution < -0.4 is 0 Å². The number of ether oxygens (including phenoxy) is 1. The Morgan fingerprint density at radius 1 is 0.880 bits per heavy atom. The molecule has 0 aromatic carbocycles. The highest BCUT2D eigenvalue weighted by molar-refractivity contribution is 5.16. The van der Waals surface area contributed by atoms with Gasteiger partial charge in [0.05, 0.1) is 0 Å². The van der Waals surface area contributed by atoms with Crippen molar-refractivity contribution in [2.24, 2.45) is 5.92 Å². The van der Waals surface area contributed by atoms with Crippen LogP contribution in [-0.2, 0) is 4.74 Å². The first-order valence-electron chi connectivity index (χ1n) is 7.68. The highest BCUT2D eigenvalue weighted by atomic mass is 19.4. The summed E-state index contributed by atoms with van der Waals surface area (Å²) in [5, 5.41) is 20.0. The van der Waals surface area contributed by atoms with Gasteiger partial charge in [0.25, 0.3) is 0 Å². The molecule has 3 unspecified atom stereocenters. The van der Waals surface area contributed by atoms with E-state index in [2.05, 4.69) is 4.74 Å². The van der Waals surface area contributed by atoms with Crippen molar-refractivity contribution in [1.82, 2.24) is 0 Å². The van der Waals surface area contributed by atoms with Gasteiger partial charge in [-0.3, -0.25) is 0 Å². The third-order valence-corrected chi connectivity index (χ3v) is 5.21. The van der Waals surface area contributed by atoms with E-state index in [9.17, 15) is 45.3 Å². The van der Waals surface area contributed by atoms with E-state index in [1.807, 2.05) is 0 Å². The molecule has 2 N–H and O–H groups in total. The zero-order chi connectivity index (χ0) is 19.5. The van der Waals surface area contributed by atoms with Crippen LogP contribution >= 0.6 is 0 Å². The van der Waals surface area contributed by atoms with Gasteiger partial charge in [-0.05, 0) is 25.7 Å². The Labute approximate surface area is 137 Å². The number of aliphatic hydroxyl groups is 2. The van der Waals surface area contributed by atoms with Crippen LogP contribution in [0.4, 0.5) is 35.1 Å². The van der Waals surface area contributed by atoms with Gasteiger partial charge in [0.2, 0.25) is 0 Å². The molecule has 25 heavy (non-hydrogen) atoms. The minimum Gasteiger partial charge on any atom is -0.383 e. The van der Waals surface area contributed by atoms with Gasteiger partial charge in [0, 0.05) is 6.42 Å². The lowest BCUT2D eigenvalue weighted by molar-refractivity contribution is -0.520. The minimum atomic E-state index is -6.26. The highest BCUT2D eigenvalue weighted by Crippen LogP contribution is 2.62. The molecule has 0 aromatic rings. The van der Waals surface area contributed by atoms with E-state index in [0.29, 0.717) is 6.42 Å². The quantitative estimate of drug-likeness (QED) is 0.672. The Bertz CT molecular complexity index is 513. The lowest BCUT2D eigenvalue weighted by atomic mass is 9.65. The van der Waals surface area contributed by atoms with Crippen LogP contribution in [0.1, 0.15) is 45.4 Å². The number of alkyl halides is 8. The van der Waals surface area contributed by atoms with Gasteiger partial charge in [-0.1, -0.05) is 19.3 Å². The van der Waals surface area contributed by atoms with E-state index in [0.717, 1.165) is 0 Å². The van der Waals surface area contributed by atoms with Gasteiger partial charge in [0.1, 0.15) is 5.60 Å². The summed E-state index contributed by atoms with van der Waals surface area (Å²) in [5.41, 5.74) is -7.52. The van der Waals surface area contributed by atoms with Crippen LogP contribution in [0.3, 0.4) is 0 Å². The Hall–Kier alpha value is -0.680. The second kappa shape index (κ2) is 5.66. The van der Waals surface area contributed by atoms with E-state index in [-0.39, 0.29) is 32.6 Å². The van der Waals surface area contributed by atoms with Gasteiger partial charge in [-0.15, -0.1) is 0 Å². The Morgan fingerprint density at radius 3 is 1.76 bits per heavy atom. The molecule has 2 aliphatic rings. The number of hydrogen-bond acceptors (Lipinski definition) is 3. The van der Waals surface area contributed by atoms with Gasteiger partial charge in [-0.25, -0.2) is 0 Å². The SMILES string of the molecule is CC1(C(F)(F)F)CC(O)(C2CCCCC2)C(F)(F)C(O)(C(F)(F)F)O1. The van der Waals surface area contributed by atoms with E-state index < -0.39 is 47.6 Å². The van der Waals surface area contributed by atoms with E-state index in [1.54, 1.807) is 0 Å². The molecule has 3 nitrogen and oxygen atoms in total. The molecule has 1 aliphatic carbocycles. The number of hydrogen-bond donors (Lipinski definition) is 2. The van der Waals surface area contributed by atoms with Crippen LogP contribution in [0.15, 0.2) is 0 Å². The fourth-order valence-electron chi connectivity index (χ4n) is 3.72. The third kappa shape index (κ3) is 2.82. The first-order valence-corrected chi connectivity index (χ1v) is 7.68. The van der Waals surface area contributed by atoms with E-state index in [1.165, 1.54) is 0 Å². The molecule has 2 fully saturated rings. The second-order valence-electron chi connectivity index (χ2n) is 6.98. The van der Waals surface area contributed by atoms with Crippen molar-refractivity contribution in [3.05, 3.63) is 0 Å². The summed E-state index contributed by atoms with van der Waals surface area (Å²) in [5.74, 6) is -12.4. The van der Waals surface area contributed by atoms with Crippen LogP contribution in [-0.4, -0.2) is 45.5 Å². The van der Waals surface area contributed by atoms with Gasteiger partial charge >= 0.3 is 24.1 Å². The average molecular weight is 386 g/mol.